The Hall–Kier alpha value is -2.49. The highest BCUT2D eigenvalue weighted by molar-refractivity contribution is 5.57. The predicted molar refractivity (Wildman–Crippen MR) is 79.3 cm³/mol. The van der Waals surface area contributed by atoms with Crippen molar-refractivity contribution in [3.63, 3.8) is 0 Å². The lowest BCUT2D eigenvalue weighted by Crippen LogP contribution is -2.35. The second-order valence-electron chi connectivity index (χ2n) is 6.04. The Bertz CT molecular complexity index is 782. The first kappa shape index (κ1) is 13.2. The Kier molecular flexibility index (Phi) is 2.86. The van der Waals surface area contributed by atoms with Crippen molar-refractivity contribution in [2.45, 2.75) is 45.7 Å². The summed E-state index contributed by atoms with van der Waals surface area (Å²) in [5, 5.41) is 26.6. The largest absolute Gasteiger partial charge is 0.345 e. The molecule has 0 spiro atoms. The molecule has 0 amide bonds. The highest BCUT2D eigenvalue weighted by Crippen LogP contribution is 2.39. The molecule has 4 rings (SSSR count). The Balaban J connectivity index is 1.68. The van der Waals surface area contributed by atoms with Gasteiger partial charge in [0.2, 0.25) is 0 Å². The predicted octanol–water partition coefficient (Wildman–Crippen LogP) is 1.45. The number of fused-ring (bicyclic) bond motifs is 1. The molecule has 112 valence electrons. The molecule has 3 heterocycles. The van der Waals surface area contributed by atoms with Crippen molar-refractivity contribution in [2.75, 3.05) is 11.4 Å². The maximum Gasteiger partial charge on any atom is 0.169 e. The highest BCUT2D eigenvalue weighted by Gasteiger charge is 2.32. The van der Waals surface area contributed by atoms with Gasteiger partial charge in [-0.2, -0.15) is 10.4 Å². The fraction of sp³-hybridized carbons (Fsp3) is 0.533. The number of hydrogen-bond donors (Lipinski definition) is 0. The minimum atomic E-state index is 0.601. The Morgan fingerprint density at radius 1 is 1.09 bits per heavy atom. The minimum Gasteiger partial charge on any atom is -0.345 e. The van der Waals surface area contributed by atoms with Gasteiger partial charge in [-0.25, -0.2) is 0 Å². The van der Waals surface area contributed by atoms with Crippen LogP contribution in [-0.2, 0) is 13.1 Å². The number of aryl methyl sites for hydroxylation is 1. The zero-order chi connectivity index (χ0) is 15.3. The Labute approximate surface area is 128 Å². The smallest absolute Gasteiger partial charge is 0.169 e. The summed E-state index contributed by atoms with van der Waals surface area (Å²) in [5.41, 5.74) is 2.32. The van der Waals surface area contributed by atoms with E-state index in [4.69, 9.17) is 0 Å². The summed E-state index contributed by atoms with van der Waals surface area (Å²) in [5.74, 6) is 3.34. The van der Waals surface area contributed by atoms with Gasteiger partial charge < -0.3 is 9.47 Å². The van der Waals surface area contributed by atoms with Gasteiger partial charge in [-0.1, -0.05) is 0 Å². The number of nitriles is 1. The molecular formula is C15H17N7. The molecule has 0 saturated heterocycles. The lowest BCUT2D eigenvalue weighted by molar-refractivity contribution is 0.537. The van der Waals surface area contributed by atoms with Crippen LogP contribution in [0.2, 0.25) is 0 Å². The van der Waals surface area contributed by atoms with Crippen molar-refractivity contribution < 1.29 is 0 Å². The summed E-state index contributed by atoms with van der Waals surface area (Å²) in [6.45, 7) is 6.07. The molecule has 2 aromatic heterocycles. The monoisotopic (exact) mass is 295 g/mol. The van der Waals surface area contributed by atoms with Gasteiger partial charge in [0.05, 0.1) is 12.2 Å². The van der Waals surface area contributed by atoms with Gasteiger partial charge in [-0.3, -0.25) is 0 Å². The molecule has 0 atom stereocenters. The summed E-state index contributed by atoms with van der Waals surface area (Å²) in [7, 11) is 0. The zero-order valence-electron chi connectivity index (χ0n) is 12.7. The Morgan fingerprint density at radius 2 is 1.91 bits per heavy atom. The van der Waals surface area contributed by atoms with E-state index in [1.807, 2.05) is 13.8 Å². The molecule has 1 saturated carbocycles. The summed E-state index contributed by atoms with van der Waals surface area (Å²) in [6.07, 6.45) is 2.45. The van der Waals surface area contributed by atoms with E-state index >= 15 is 0 Å². The van der Waals surface area contributed by atoms with E-state index in [9.17, 15) is 5.26 Å². The molecule has 0 bridgehead atoms. The first-order chi connectivity index (χ1) is 10.7. The van der Waals surface area contributed by atoms with Crippen molar-refractivity contribution in [2.24, 2.45) is 0 Å². The lowest BCUT2D eigenvalue weighted by atomic mass is 10.1. The average Bonchev–Trinajstić information content (AvgIpc) is 3.29. The third-order valence-corrected chi connectivity index (χ3v) is 4.57. The molecular weight excluding hydrogens is 278 g/mol. The summed E-state index contributed by atoms with van der Waals surface area (Å²) >= 11 is 0. The van der Waals surface area contributed by atoms with Gasteiger partial charge in [-0.05, 0) is 32.3 Å². The molecule has 0 aromatic carbocycles. The van der Waals surface area contributed by atoms with Crippen molar-refractivity contribution >= 4 is 5.82 Å². The third-order valence-electron chi connectivity index (χ3n) is 4.57. The molecule has 0 unspecified atom stereocenters. The fourth-order valence-corrected chi connectivity index (χ4v) is 2.96. The molecule has 0 radical (unpaired) electrons. The first-order valence-corrected chi connectivity index (χ1v) is 7.60. The molecule has 0 N–H and O–H groups in total. The van der Waals surface area contributed by atoms with Crippen LogP contribution in [0.1, 0.15) is 47.2 Å². The van der Waals surface area contributed by atoms with Crippen LogP contribution in [0.5, 0.6) is 0 Å². The number of aromatic nitrogens is 5. The van der Waals surface area contributed by atoms with Crippen LogP contribution in [0, 0.1) is 25.2 Å². The molecule has 7 heteroatoms. The highest BCUT2D eigenvalue weighted by atomic mass is 15.4. The Morgan fingerprint density at radius 3 is 2.64 bits per heavy atom. The maximum absolute atomic E-state index is 9.46. The van der Waals surface area contributed by atoms with Gasteiger partial charge in [0.1, 0.15) is 17.5 Å². The molecule has 1 aliphatic carbocycles. The van der Waals surface area contributed by atoms with Gasteiger partial charge in [0.25, 0.3) is 0 Å². The second kappa shape index (κ2) is 4.77. The van der Waals surface area contributed by atoms with E-state index < -0.39 is 0 Å². The topological polar surface area (TPSA) is 83.5 Å². The van der Waals surface area contributed by atoms with Gasteiger partial charge >= 0.3 is 0 Å². The van der Waals surface area contributed by atoms with Crippen molar-refractivity contribution in [1.82, 2.24) is 25.0 Å². The van der Waals surface area contributed by atoms with E-state index in [0.29, 0.717) is 23.8 Å². The minimum absolute atomic E-state index is 0.601. The average molecular weight is 295 g/mol. The van der Waals surface area contributed by atoms with E-state index in [1.165, 1.54) is 12.8 Å². The van der Waals surface area contributed by atoms with Crippen molar-refractivity contribution in [3.05, 3.63) is 28.5 Å². The second-order valence-corrected chi connectivity index (χ2v) is 6.04. The maximum atomic E-state index is 9.46. The molecule has 1 aliphatic heterocycles. The van der Waals surface area contributed by atoms with E-state index in [1.54, 1.807) is 0 Å². The van der Waals surface area contributed by atoms with Crippen molar-refractivity contribution in [3.8, 4) is 6.07 Å². The number of nitrogens with zero attached hydrogens (tertiary/aromatic N) is 7. The molecule has 7 nitrogen and oxygen atoms in total. The summed E-state index contributed by atoms with van der Waals surface area (Å²) in [6, 6.07) is 2.27. The standard InChI is InChI=1S/C15H17N7/c1-9-10(2)17-20-15(12(9)7-16)21-5-6-22-13(8-21)18-19-14(22)11-3-4-11/h11H,3-6,8H2,1-2H3. The molecule has 2 aliphatic rings. The molecule has 1 fully saturated rings. The van der Waals surface area contributed by atoms with Crippen LogP contribution >= 0.6 is 0 Å². The number of hydrogen-bond acceptors (Lipinski definition) is 6. The van der Waals surface area contributed by atoms with Crippen LogP contribution in [-0.4, -0.2) is 31.5 Å². The quantitative estimate of drug-likeness (QED) is 0.834. The number of rotatable bonds is 2. The van der Waals surface area contributed by atoms with E-state index in [2.05, 4.69) is 35.9 Å². The summed E-state index contributed by atoms with van der Waals surface area (Å²) in [4.78, 5) is 2.08. The fourth-order valence-electron chi connectivity index (χ4n) is 2.96. The molecule has 22 heavy (non-hydrogen) atoms. The van der Waals surface area contributed by atoms with E-state index in [0.717, 1.165) is 36.0 Å². The molecule has 2 aromatic rings. The van der Waals surface area contributed by atoms with Crippen molar-refractivity contribution in [1.29, 1.82) is 5.26 Å². The third kappa shape index (κ3) is 1.95. The SMILES string of the molecule is Cc1nnc(N2CCn3c(nnc3C3CC3)C2)c(C#N)c1C. The van der Waals surface area contributed by atoms with Gasteiger partial charge in [0, 0.05) is 19.0 Å². The first-order valence-electron chi connectivity index (χ1n) is 7.60. The van der Waals surface area contributed by atoms with Crippen LogP contribution < -0.4 is 4.90 Å². The van der Waals surface area contributed by atoms with Gasteiger partial charge in [-0.15, -0.1) is 15.3 Å². The lowest BCUT2D eigenvalue weighted by Gasteiger charge is -2.29. The van der Waals surface area contributed by atoms with Crippen LogP contribution in [0.25, 0.3) is 0 Å². The zero-order valence-corrected chi connectivity index (χ0v) is 12.7. The van der Waals surface area contributed by atoms with Gasteiger partial charge in [0.15, 0.2) is 11.6 Å². The normalized spacial score (nSPS) is 17.2. The summed E-state index contributed by atoms with van der Waals surface area (Å²) < 4.78 is 2.23. The van der Waals surface area contributed by atoms with Crippen LogP contribution in [0.4, 0.5) is 5.82 Å². The number of anilines is 1. The van der Waals surface area contributed by atoms with E-state index in [-0.39, 0.29) is 0 Å². The van der Waals surface area contributed by atoms with Crippen LogP contribution in [0.15, 0.2) is 0 Å². The van der Waals surface area contributed by atoms with Crippen LogP contribution in [0.3, 0.4) is 0 Å².